The largest absolute Gasteiger partial charge is 0.494 e. The van der Waals surface area contributed by atoms with Crippen molar-refractivity contribution in [2.24, 2.45) is 11.7 Å². The van der Waals surface area contributed by atoms with E-state index in [-0.39, 0.29) is 17.7 Å². The van der Waals surface area contributed by atoms with Crippen molar-refractivity contribution in [3.63, 3.8) is 0 Å². The highest BCUT2D eigenvalue weighted by Gasteiger charge is 2.22. The highest BCUT2D eigenvalue weighted by Crippen LogP contribution is 2.30. The second-order valence-corrected chi connectivity index (χ2v) is 6.18. The lowest BCUT2D eigenvalue weighted by Gasteiger charge is -2.21. The van der Waals surface area contributed by atoms with E-state index in [0.29, 0.717) is 36.5 Å². The lowest BCUT2D eigenvalue weighted by Crippen LogP contribution is -2.25. The minimum Gasteiger partial charge on any atom is -0.494 e. The van der Waals surface area contributed by atoms with Crippen molar-refractivity contribution in [2.45, 2.75) is 44.9 Å². The second-order valence-electron chi connectivity index (χ2n) is 6.18. The maximum Gasteiger partial charge on any atom is 0.227 e. The zero-order valence-corrected chi connectivity index (χ0v) is 14.3. The van der Waals surface area contributed by atoms with Crippen LogP contribution in [0.3, 0.4) is 0 Å². The number of carbonyl (C=O) groups excluding carboxylic acids is 2. The first-order valence-corrected chi connectivity index (χ1v) is 8.63. The number of anilines is 2. The Kier molecular flexibility index (Phi) is 7.06. The Balaban J connectivity index is 2.00. The van der Waals surface area contributed by atoms with E-state index in [1.54, 1.807) is 25.3 Å². The quantitative estimate of drug-likeness (QED) is 0.715. The molecule has 1 aliphatic rings. The molecule has 0 unspecified atom stereocenters. The van der Waals surface area contributed by atoms with Crippen molar-refractivity contribution < 1.29 is 14.3 Å². The molecule has 1 fully saturated rings. The van der Waals surface area contributed by atoms with Crippen molar-refractivity contribution in [1.29, 1.82) is 0 Å². The van der Waals surface area contributed by atoms with Crippen LogP contribution in [0.15, 0.2) is 18.2 Å². The molecule has 2 rings (SSSR count). The van der Waals surface area contributed by atoms with E-state index in [2.05, 4.69) is 10.6 Å². The molecule has 4 N–H and O–H groups in total. The first-order valence-electron chi connectivity index (χ1n) is 8.63. The van der Waals surface area contributed by atoms with Gasteiger partial charge in [-0.3, -0.25) is 9.59 Å². The number of amides is 2. The third kappa shape index (κ3) is 5.23. The minimum absolute atomic E-state index is 0.0488. The third-order valence-corrected chi connectivity index (χ3v) is 4.33. The maximum absolute atomic E-state index is 12.4. The molecule has 0 aromatic heterocycles. The van der Waals surface area contributed by atoms with Gasteiger partial charge in [-0.2, -0.15) is 0 Å². The molecule has 0 radical (unpaired) electrons. The molecule has 1 aliphatic carbocycles. The number of rotatable bonds is 7. The lowest BCUT2D eigenvalue weighted by molar-refractivity contribution is -0.120. The Morgan fingerprint density at radius 2 is 1.96 bits per heavy atom. The van der Waals surface area contributed by atoms with Gasteiger partial charge in [-0.1, -0.05) is 19.3 Å². The molecule has 1 aromatic rings. The number of hydrogen-bond donors (Lipinski definition) is 3. The van der Waals surface area contributed by atoms with Crippen LogP contribution in [0.5, 0.6) is 5.75 Å². The molecule has 0 bridgehead atoms. The summed E-state index contributed by atoms with van der Waals surface area (Å²) in [5, 5.41) is 5.76. The summed E-state index contributed by atoms with van der Waals surface area (Å²) >= 11 is 0. The standard InChI is InChI=1S/C18H27N3O3/c1-24-16-12-14(20-17(22)8-5-11-19)9-10-15(16)21-18(23)13-6-3-2-4-7-13/h9-10,12-13H,2-8,11,19H2,1H3,(H,20,22)(H,21,23). The SMILES string of the molecule is COc1cc(NC(=O)CCCN)ccc1NC(=O)C1CCCCC1. The monoisotopic (exact) mass is 333 g/mol. The molecule has 0 heterocycles. The Morgan fingerprint density at radius 3 is 2.62 bits per heavy atom. The van der Waals surface area contributed by atoms with E-state index < -0.39 is 0 Å². The number of nitrogens with two attached hydrogens (primary N) is 1. The number of carbonyl (C=O) groups is 2. The van der Waals surface area contributed by atoms with Gasteiger partial charge < -0.3 is 21.1 Å². The van der Waals surface area contributed by atoms with Crippen LogP contribution in [0.1, 0.15) is 44.9 Å². The second kappa shape index (κ2) is 9.27. The van der Waals surface area contributed by atoms with E-state index in [9.17, 15) is 9.59 Å². The number of ether oxygens (including phenoxy) is 1. The van der Waals surface area contributed by atoms with Crippen molar-refractivity contribution in [3.8, 4) is 5.75 Å². The number of benzene rings is 1. The predicted octanol–water partition coefficient (Wildman–Crippen LogP) is 2.89. The zero-order chi connectivity index (χ0) is 17.4. The van der Waals surface area contributed by atoms with Crippen LogP contribution in [0.4, 0.5) is 11.4 Å². The van der Waals surface area contributed by atoms with Gasteiger partial charge in [-0.05, 0) is 37.9 Å². The van der Waals surface area contributed by atoms with Gasteiger partial charge in [0.1, 0.15) is 5.75 Å². The van der Waals surface area contributed by atoms with Crippen LogP contribution in [0.25, 0.3) is 0 Å². The zero-order valence-electron chi connectivity index (χ0n) is 14.3. The summed E-state index contributed by atoms with van der Waals surface area (Å²) in [6, 6.07) is 5.24. The van der Waals surface area contributed by atoms with Gasteiger partial charge in [0, 0.05) is 24.1 Å². The Morgan fingerprint density at radius 1 is 1.21 bits per heavy atom. The van der Waals surface area contributed by atoms with Crippen LogP contribution >= 0.6 is 0 Å². The third-order valence-electron chi connectivity index (χ3n) is 4.33. The average molecular weight is 333 g/mol. The molecule has 132 valence electrons. The fourth-order valence-electron chi connectivity index (χ4n) is 2.96. The first kappa shape index (κ1) is 18.3. The molecule has 1 saturated carbocycles. The summed E-state index contributed by atoms with van der Waals surface area (Å²) in [7, 11) is 1.55. The average Bonchev–Trinajstić information content (AvgIpc) is 2.61. The molecule has 0 aliphatic heterocycles. The molecule has 0 saturated heterocycles. The molecule has 0 spiro atoms. The maximum atomic E-state index is 12.4. The summed E-state index contributed by atoms with van der Waals surface area (Å²) in [5.74, 6) is 0.587. The van der Waals surface area contributed by atoms with E-state index in [0.717, 1.165) is 25.7 Å². The van der Waals surface area contributed by atoms with Gasteiger partial charge in [0.15, 0.2) is 0 Å². The lowest BCUT2D eigenvalue weighted by atomic mass is 9.88. The van der Waals surface area contributed by atoms with E-state index >= 15 is 0 Å². The molecule has 6 nitrogen and oxygen atoms in total. The Labute approximate surface area is 143 Å². The van der Waals surface area contributed by atoms with E-state index in [1.165, 1.54) is 6.42 Å². The first-order chi connectivity index (χ1) is 11.6. The topological polar surface area (TPSA) is 93.4 Å². The normalized spacial score (nSPS) is 14.9. The summed E-state index contributed by atoms with van der Waals surface area (Å²) in [6.45, 7) is 0.489. The summed E-state index contributed by atoms with van der Waals surface area (Å²) in [5.41, 5.74) is 6.68. The van der Waals surface area contributed by atoms with Gasteiger partial charge >= 0.3 is 0 Å². The minimum atomic E-state index is -0.0819. The predicted molar refractivity (Wildman–Crippen MR) is 95.1 cm³/mol. The van der Waals surface area contributed by atoms with Gasteiger partial charge in [-0.25, -0.2) is 0 Å². The van der Waals surface area contributed by atoms with Gasteiger partial charge in [-0.15, -0.1) is 0 Å². The number of nitrogens with one attached hydrogen (secondary N) is 2. The highest BCUT2D eigenvalue weighted by atomic mass is 16.5. The number of hydrogen-bond acceptors (Lipinski definition) is 4. The van der Waals surface area contributed by atoms with Crippen molar-refractivity contribution in [2.75, 3.05) is 24.3 Å². The van der Waals surface area contributed by atoms with Crippen LogP contribution in [-0.2, 0) is 9.59 Å². The highest BCUT2D eigenvalue weighted by molar-refractivity contribution is 5.95. The van der Waals surface area contributed by atoms with Crippen LogP contribution in [-0.4, -0.2) is 25.5 Å². The van der Waals surface area contributed by atoms with Crippen molar-refractivity contribution in [3.05, 3.63) is 18.2 Å². The fraction of sp³-hybridized carbons (Fsp3) is 0.556. The molecular weight excluding hydrogens is 306 g/mol. The van der Waals surface area contributed by atoms with Gasteiger partial charge in [0.05, 0.1) is 12.8 Å². The Bertz CT molecular complexity index is 569. The van der Waals surface area contributed by atoms with Gasteiger partial charge in [0.25, 0.3) is 0 Å². The molecule has 24 heavy (non-hydrogen) atoms. The fourth-order valence-corrected chi connectivity index (χ4v) is 2.96. The van der Waals surface area contributed by atoms with Crippen LogP contribution < -0.4 is 21.1 Å². The molecular formula is C18H27N3O3. The van der Waals surface area contributed by atoms with Crippen LogP contribution in [0.2, 0.25) is 0 Å². The molecule has 6 heteroatoms. The van der Waals surface area contributed by atoms with E-state index in [1.807, 2.05) is 0 Å². The van der Waals surface area contributed by atoms with E-state index in [4.69, 9.17) is 10.5 Å². The van der Waals surface area contributed by atoms with Gasteiger partial charge in [0.2, 0.25) is 11.8 Å². The molecule has 2 amide bonds. The summed E-state index contributed by atoms with van der Waals surface area (Å²) < 4.78 is 5.35. The summed E-state index contributed by atoms with van der Waals surface area (Å²) in [4.78, 5) is 24.1. The molecule has 0 atom stereocenters. The summed E-state index contributed by atoms with van der Waals surface area (Å²) in [6.07, 6.45) is 6.38. The Hall–Kier alpha value is -2.08. The number of methoxy groups -OCH3 is 1. The molecule has 1 aromatic carbocycles. The van der Waals surface area contributed by atoms with Crippen molar-refractivity contribution in [1.82, 2.24) is 0 Å². The van der Waals surface area contributed by atoms with Crippen molar-refractivity contribution >= 4 is 23.2 Å². The smallest absolute Gasteiger partial charge is 0.227 e. The van der Waals surface area contributed by atoms with Crippen LogP contribution in [0, 0.1) is 5.92 Å².